The summed E-state index contributed by atoms with van der Waals surface area (Å²) >= 11 is 0. The lowest BCUT2D eigenvalue weighted by molar-refractivity contribution is 0.655. The summed E-state index contributed by atoms with van der Waals surface area (Å²) in [5.41, 5.74) is 3.20. The van der Waals surface area contributed by atoms with E-state index in [0.717, 1.165) is 29.9 Å². The molecule has 140 valence electrons. The molecule has 7 nitrogen and oxygen atoms in total. The van der Waals surface area contributed by atoms with E-state index in [0.29, 0.717) is 16.9 Å². The van der Waals surface area contributed by atoms with Crippen molar-refractivity contribution in [3.05, 3.63) is 68.1 Å². The molecule has 4 rings (SSSR count). The van der Waals surface area contributed by atoms with E-state index in [9.17, 15) is 9.59 Å². The molecule has 0 fully saturated rings. The van der Waals surface area contributed by atoms with Crippen LogP contribution in [0.2, 0.25) is 0 Å². The molecule has 0 aliphatic carbocycles. The molecule has 0 radical (unpaired) electrons. The van der Waals surface area contributed by atoms with Gasteiger partial charge in [0.2, 0.25) is 5.78 Å². The minimum atomic E-state index is -0.353. The summed E-state index contributed by atoms with van der Waals surface area (Å²) in [7, 11) is 1.67. The summed E-state index contributed by atoms with van der Waals surface area (Å²) in [5.74, 6) is 0.714. The molecule has 0 aliphatic rings. The number of hydrogen-bond acceptors (Lipinski definition) is 3. The van der Waals surface area contributed by atoms with Crippen LogP contribution < -0.4 is 11.2 Å². The molecule has 0 N–H and O–H groups in total. The first kappa shape index (κ1) is 17.3. The van der Waals surface area contributed by atoms with E-state index in [1.54, 1.807) is 7.05 Å². The normalized spacial score (nSPS) is 11.7. The number of hydrogen-bond donors (Lipinski definition) is 0. The fourth-order valence-electron chi connectivity index (χ4n) is 3.71. The third-order valence-corrected chi connectivity index (χ3v) is 5.26. The second kappa shape index (κ2) is 6.26. The van der Waals surface area contributed by atoms with Crippen LogP contribution in [0.4, 0.5) is 0 Å². The Morgan fingerprint density at radius 1 is 1.00 bits per heavy atom. The van der Waals surface area contributed by atoms with Crippen LogP contribution in [-0.2, 0) is 20.1 Å². The lowest BCUT2D eigenvalue weighted by atomic mass is 10.2. The second-order valence-corrected chi connectivity index (χ2v) is 6.96. The molecule has 3 aromatic heterocycles. The second-order valence-electron chi connectivity index (χ2n) is 6.96. The first-order valence-electron chi connectivity index (χ1n) is 9.17. The van der Waals surface area contributed by atoms with E-state index in [-0.39, 0.29) is 17.8 Å². The van der Waals surface area contributed by atoms with Crippen LogP contribution in [0.5, 0.6) is 0 Å². The summed E-state index contributed by atoms with van der Waals surface area (Å²) < 4.78 is 6.76. The third kappa shape index (κ3) is 2.45. The minimum Gasteiger partial charge on any atom is -0.314 e. The van der Waals surface area contributed by atoms with Crippen molar-refractivity contribution < 1.29 is 0 Å². The summed E-state index contributed by atoms with van der Waals surface area (Å²) in [6.45, 7) is 7.19. The highest BCUT2D eigenvalue weighted by Crippen LogP contribution is 2.20. The van der Waals surface area contributed by atoms with Gasteiger partial charge in [0.05, 0.1) is 6.54 Å². The number of imidazole rings is 2. The Balaban J connectivity index is 2.08. The third-order valence-electron chi connectivity index (χ3n) is 5.26. The fourth-order valence-corrected chi connectivity index (χ4v) is 3.71. The molecule has 4 aromatic rings. The average Bonchev–Trinajstić information content (AvgIpc) is 3.16. The number of aryl methyl sites for hydroxylation is 3. The molecule has 0 bridgehead atoms. The summed E-state index contributed by atoms with van der Waals surface area (Å²) in [6, 6.07) is 9.54. The van der Waals surface area contributed by atoms with Gasteiger partial charge >= 0.3 is 5.69 Å². The molecule has 0 unspecified atom stereocenters. The van der Waals surface area contributed by atoms with Crippen LogP contribution >= 0.6 is 0 Å². The van der Waals surface area contributed by atoms with Crippen molar-refractivity contribution in [3.63, 3.8) is 0 Å². The molecule has 0 saturated heterocycles. The van der Waals surface area contributed by atoms with Crippen molar-refractivity contribution in [3.8, 4) is 0 Å². The number of benzene rings is 1. The largest absolute Gasteiger partial charge is 0.332 e. The van der Waals surface area contributed by atoms with E-state index in [4.69, 9.17) is 0 Å². The van der Waals surface area contributed by atoms with Gasteiger partial charge in [0.25, 0.3) is 5.56 Å². The van der Waals surface area contributed by atoms with Gasteiger partial charge in [-0.15, -0.1) is 0 Å². The Bertz CT molecular complexity index is 1270. The Kier molecular flexibility index (Phi) is 4.02. The maximum absolute atomic E-state index is 13.3. The Labute approximate surface area is 156 Å². The highest BCUT2D eigenvalue weighted by Gasteiger charge is 2.22. The highest BCUT2D eigenvalue weighted by atomic mass is 16.2. The lowest BCUT2D eigenvalue weighted by Crippen LogP contribution is -2.39. The van der Waals surface area contributed by atoms with Crippen molar-refractivity contribution in [2.24, 2.45) is 7.05 Å². The predicted octanol–water partition coefficient (Wildman–Crippen LogP) is 2.22. The zero-order valence-corrected chi connectivity index (χ0v) is 16.1. The van der Waals surface area contributed by atoms with Gasteiger partial charge < -0.3 is 4.57 Å². The average molecular weight is 365 g/mol. The van der Waals surface area contributed by atoms with Crippen LogP contribution in [0.25, 0.3) is 16.9 Å². The molecular formula is C20H23N5O2. The quantitative estimate of drug-likeness (QED) is 0.557. The van der Waals surface area contributed by atoms with Crippen LogP contribution in [0.1, 0.15) is 30.3 Å². The minimum absolute atomic E-state index is 0.239. The van der Waals surface area contributed by atoms with Gasteiger partial charge in [-0.3, -0.25) is 18.3 Å². The molecule has 0 amide bonds. The van der Waals surface area contributed by atoms with Gasteiger partial charge in [0.15, 0.2) is 11.2 Å². The maximum Gasteiger partial charge on any atom is 0.332 e. The Morgan fingerprint density at radius 2 is 1.70 bits per heavy atom. The molecule has 0 spiro atoms. The molecule has 0 atom stereocenters. The maximum atomic E-state index is 13.3. The highest BCUT2D eigenvalue weighted by molar-refractivity contribution is 5.76. The number of nitrogens with zero attached hydrogens (tertiary/aromatic N) is 5. The van der Waals surface area contributed by atoms with Crippen molar-refractivity contribution >= 4 is 16.9 Å². The van der Waals surface area contributed by atoms with Gasteiger partial charge in [-0.25, -0.2) is 4.79 Å². The zero-order valence-electron chi connectivity index (χ0n) is 16.1. The molecule has 7 heteroatoms. The van der Waals surface area contributed by atoms with Crippen molar-refractivity contribution in [1.82, 2.24) is 23.1 Å². The number of fused-ring (bicyclic) bond motifs is 3. The Morgan fingerprint density at radius 3 is 2.37 bits per heavy atom. The standard InChI is InChI=1S/C20H23N5O2/c1-5-11-23-13(2)14(3)25-16-17(21-19(23)25)22(4)20(27)24(18(16)26)12-15-9-7-6-8-10-15/h6-10H,5,11-12H2,1-4H3. The summed E-state index contributed by atoms with van der Waals surface area (Å²) in [5, 5.41) is 0. The Hall–Kier alpha value is -3.09. The van der Waals surface area contributed by atoms with Gasteiger partial charge in [0, 0.05) is 25.0 Å². The lowest BCUT2D eigenvalue weighted by Gasteiger charge is -2.08. The van der Waals surface area contributed by atoms with E-state index >= 15 is 0 Å². The first-order chi connectivity index (χ1) is 13.0. The zero-order chi connectivity index (χ0) is 19.3. The SMILES string of the molecule is CCCn1c(C)c(C)n2c3c(=O)n(Cc4ccccc4)c(=O)n(C)c3nc12. The number of aromatic nitrogens is 5. The monoisotopic (exact) mass is 365 g/mol. The molecular weight excluding hydrogens is 342 g/mol. The van der Waals surface area contributed by atoms with Crippen molar-refractivity contribution in [1.29, 1.82) is 0 Å². The first-order valence-corrected chi connectivity index (χ1v) is 9.17. The molecule has 0 saturated carbocycles. The molecule has 0 aliphatic heterocycles. The van der Waals surface area contributed by atoms with E-state index in [2.05, 4.69) is 16.5 Å². The van der Waals surface area contributed by atoms with Crippen molar-refractivity contribution in [2.45, 2.75) is 40.3 Å². The molecule has 27 heavy (non-hydrogen) atoms. The summed E-state index contributed by atoms with van der Waals surface area (Å²) in [6.07, 6.45) is 0.963. The summed E-state index contributed by atoms with van der Waals surface area (Å²) in [4.78, 5) is 30.8. The van der Waals surface area contributed by atoms with Crippen LogP contribution in [-0.4, -0.2) is 23.1 Å². The van der Waals surface area contributed by atoms with Crippen LogP contribution in [0.15, 0.2) is 39.9 Å². The predicted molar refractivity (Wildman–Crippen MR) is 105 cm³/mol. The topological polar surface area (TPSA) is 66.2 Å². The van der Waals surface area contributed by atoms with Gasteiger partial charge in [-0.05, 0) is 25.8 Å². The van der Waals surface area contributed by atoms with Crippen molar-refractivity contribution in [2.75, 3.05) is 0 Å². The van der Waals surface area contributed by atoms with Gasteiger partial charge in [-0.1, -0.05) is 37.3 Å². The van der Waals surface area contributed by atoms with Crippen LogP contribution in [0, 0.1) is 13.8 Å². The number of rotatable bonds is 4. The van der Waals surface area contributed by atoms with Crippen LogP contribution in [0.3, 0.4) is 0 Å². The van der Waals surface area contributed by atoms with E-state index in [1.807, 2.05) is 48.6 Å². The fraction of sp³-hybridized carbons (Fsp3) is 0.350. The van der Waals surface area contributed by atoms with E-state index < -0.39 is 0 Å². The molecule has 1 aromatic carbocycles. The van der Waals surface area contributed by atoms with Gasteiger partial charge in [-0.2, -0.15) is 4.98 Å². The smallest absolute Gasteiger partial charge is 0.314 e. The van der Waals surface area contributed by atoms with Gasteiger partial charge in [0.1, 0.15) is 0 Å². The molecule has 3 heterocycles. The van der Waals surface area contributed by atoms with E-state index in [1.165, 1.54) is 9.13 Å².